The first-order valence-electron chi connectivity index (χ1n) is 7.57. The Balaban J connectivity index is 1.64. The molecule has 23 heavy (non-hydrogen) atoms. The Morgan fingerprint density at radius 3 is 2.48 bits per heavy atom. The van der Waals surface area contributed by atoms with Crippen molar-refractivity contribution in [3.8, 4) is 11.5 Å². The van der Waals surface area contributed by atoms with Crippen LogP contribution in [0.25, 0.3) is 0 Å². The number of benzene rings is 2. The third kappa shape index (κ3) is 6.26. The van der Waals surface area contributed by atoms with Crippen molar-refractivity contribution in [2.45, 2.75) is 6.10 Å². The third-order valence-corrected chi connectivity index (χ3v) is 3.28. The molecule has 2 rings (SSSR count). The molecule has 2 aromatic carbocycles. The van der Waals surface area contributed by atoms with Crippen molar-refractivity contribution in [3.05, 3.63) is 60.4 Å². The summed E-state index contributed by atoms with van der Waals surface area (Å²) in [5.41, 5.74) is 0. The first-order chi connectivity index (χ1) is 11.1. The summed E-state index contributed by atoms with van der Waals surface area (Å²) in [4.78, 5) is 1.94. The standard InChI is InChI=1S/C18H22FNO3/c1-20(11-12-22-16-7-3-2-4-8-16)13-15(21)14-23-18-10-6-5-9-17(18)19/h2-10,15,21H,11-14H2,1H3. The topological polar surface area (TPSA) is 41.9 Å². The molecule has 0 aliphatic rings. The molecular weight excluding hydrogens is 297 g/mol. The van der Waals surface area contributed by atoms with Crippen molar-refractivity contribution in [1.82, 2.24) is 4.90 Å². The molecule has 0 heterocycles. The van der Waals surface area contributed by atoms with E-state index in [-0.39, 0.29) is 12.4 Å². The molecule has 0 saturated carbocycles. The quantitative estimate of drug-likeness (QED) is 0.771. The Kier molecular flexibility index (Phi) is 6.84. The van der Waals surface area contributed by atoms with E-state index < -0.39 is 11.9 Å². The lowest BCUT2D eigenvalue weighted by atomic mass is 10.3. The van der Waals surface area contributed by atoms with Gasteiger partial charge in [-0.15, -0.1) is 0 Å². The van der Waals surface area contributed by atoms with Crippen molar-refractivity contribution in [2.75, 3.05) is 33.4 Å². The Morgan fingerprint density at radius 2 is 1.74 bits per heavy atom. The van der Waals surface area contributed by atoms with Crippen LogP contribution in [0.15, 0.2) is 54.6 Å². The van der Waals surface area contributed by atoms with Gasteiger partial charge in [0.2, 0.25) is 0 Å². The number of aliphatic hydroxyl groups is 1. The molecule has 1 N–H and O–H groups in total. The molecule has 0 bridgehead atoms. The number of nitrogens with zero attached hydrogens (tertiary/aromatic N) is 1. The van der Waals surface area contributed by atoms with Gasteiger partial charge in [-0.3, -0.25) is 0 Å². The average Bonchev–Trinajstić information content (AvgIpc) is 2.55. The molecule has 124 valence electrons. The molecular formula is C18H22FNO3. The van der Waals surface area contributed by atoms with Crippen LogP contribution in [0.4, 0.5) is 4.39 Å². The van der Waals surface area contributed by atoms with Gasteiger partial charge in [-0.25, -0.2) is 4.39 Å². The van der Waals surface area contributed by atoms with E-state index in [0.717, 1.165) is 5.75 Å². The minimum absolute atomic E-state index is 0.0464. The van der Waals surface area contributed by atoms with Crippen LogP contribution < -0.4 is 9.47 Å². The van der Waals surface area contributed by atoms with E-state index >= 15 is 0 Å². The minimum atomic E-state index is -0.698. The second-order valence-electron chi connectivity index (χ2n) is 5.32. The summed E-state index contributed by atoms with van der Waals surface area (Å²) in [6, 6.07) is 15.7. The van der Waals surface area contributed by atoms with Crippen LogP contribution >= 0.6 is 0 Å². The number of likely N-dealkylation sites (N-methyl/N-ethyl adjacent to an activating group) is 1. The molecule has 0 fully saturated rings. The number of para-hydroxylation sites is 2. The van der Waals surface area contributed by atoms with Gasteiger partial charge >= 0.3 is 0 Å². The molecule has 0 amide bonds. The summed E-state index contributed by atoms with van der Waals surface area (Å²) in [6.07, 6.45) is -0.698. The molecule has 4 nitrogen and oxygen atoms in total. The molecule has 1 atom stereocenters. The van der Waals surface area contributed by atoms with Crippen LogP contribution in [0.3, 0.4) is 0 Å². The van der Waals surface area contributed by atoms with Crippen molar-refractivity contribution in [2.24, 2.45) is 0 Å². The monoisotopic (exact) mass is 319 g/mol. The predicted molar refractivity (Wildman–Crippen MR) is 87.3 cm³/mol. The van der Waals surface area contributed by atoms with E-state index in [1.165, 1.54) is 6.07 Å². The van der Waals surface area contributed by atoms with E-state index in [1.807, 2.05) is 42.3 Å². The van der Waals surface area contributed by atoms with Crippen molar-refractivity contribution in [3.63, 3.8) is 0 Å². The Labute approximate surface area is 136 Å². The van der Waals surface area contributed by atoms with Gasteiger partial charge < -0.3 is 19.5 Å². The van der Waals surface area contributed by atoms with E-state index in [2.05, 4.69) is 0 Å². The fraction of sp³-hybridized carbons (Fsp3) is 0.333. The number of rotatable bonds is 9. The van der Waals surface area contributed by atoms with Crippen molar-refractivity contribution < 1.29 is 19.0 Å². The van der Waals surface area contributed by atoms with Crippen molar-refractivity contribution in [1.29, 1.82) is 0 Å². The third-order valence-electron chi connectivity index (χ3n) is 3.28. The molecule has 0 aromatic heterocycles. The van der Waals surface area contributed by atoms with Crippen LogP contribution in [0, 0.1) is 5.82 Å². The van der Waals surface area contributed by atoms with Gasteiger partial charge in [-0.05, 0) is 31.3 Å². The Morgan fingerprint density at radius 1 is 1.04 bits per heavy atom. The van der Waals surface area contributed by atoms with E-state index in [4.69, 9.17) is 9.47 Å². The van der Waals surface area contributed by atoms with Crippen LogP contribution in [0.2, 0.25) is 0 Å². The fourth-order valence-electron chi connectivity index (χ4n) is 2.09. The van der Waals surface area contributed by atoms with Crippen molar-refractivity contribution >= 4 is 0 Å². The average molecular weight is 319 g/mol. The number of ether oxygens (including phenoxy) is 2. The zero-order chi connectivity index (χ0) is 16.5. The van der Waals surface area contributed by atoms with Gasteiger partial charge in [0.05, 0.1) is 0 Å². The number of hydrogen-bond acceptors (Lipinski definition) is 4. The molecule has 0 aliphatic carbocycles. The highest BCUT2D eigenvalue weighted by atomic mass is 19.1. The molecule has 0 aliphatic heterocycles. The lowest BCUT2D eigenvalue weighted by Crippen LogP contribution is -2.35. The van der Waals surface area contributed by atoms with E-state index in [0.29, 0.717) is 19.7 Å². The summed E-state index contributed by atoms with van der Waals surface area (Å²) in [6.45, 7) is 1.67. The molecule has 0 radical (unpaired) electrons. The number of hydrogen-bond donors (Lipinski definition) is 1. The first kappa shape index (κ1) is 17.2. The Bertz CT molecular complexity index is 579. The maximum absolute atomic E-state index is 13.4. The maximum atomic E-state index is 13.4. The zero-order valence-corrected chi connectivity index (χ0v) is 13.2. The zero-order valence-electron chi connectivity index (χ0n) is 13.2. The van der Waals surface area contributed by atoms with Gasteiger partial charge in [0.1, 0.15) is 25.1 Å². The highest BCUT2D eigenvalue weighted by molar-refractivity contribution is 5.23. The maximum Gasteiger partial charge on any atom is 0.165 e. The van der Waals surface area contributed by atoms with Gasteiger partial charge in [-0.2, -0.15) is 0 Å². The summed E-state index contributed by atoms with van der Waals surface area (Å²) in [5.74, 6) is 0.551. The lowest BCUT2D eigenvalue weighted by molar-refractivity contribution is 0.0708. The normalized spacial score (nSPS) is 12.2. The smallest absolute Gasteiger partial charge is 0.165 e. The van der Waals surface area contributed by atoms with Crippen LogP contribution in [-0.2, 0) is 0 Å². The molecule has 1 unspecified atom stereocenters. The molecule has 0 saturated heterocycles. The first-order valence-corrected chi connectivity index (χ1v) is 7.57. The van der Waals surface area contributed by atoms with Gasteiger partial charge in [-0.1, -0.05) is 30.3 Å². The predicted octanol–water partition coefficient (Wildman–Crippen LogP) is 2.58. The summed E-state index contributed by atoms with van der Waals surface area (Å²) >= 11 is 0. The van der Waals surface area contributed by atoms with Gasteiger partial charge in [0.25, 0.3) is 0 Å². The Hall–Kier alpha value is -2.11. The van der Waals surface area contributed by atoms with Gasteiger partial charge in [0.15, 0.2) is 11.6 Å². The largest absolute Gasteiger partial charge is 0.492 e. The lowest BCUT2D eigenvalue weighted by Gasteiger charge is -2.21. The highest BCUT2D eigenvalue weighted by Gasteiger charge is 2.10. The summed E-state index contributed by atoms with van der Waals surface area (Å²) in [5, 5.41) is 9.96. The summed E-state index contributed by atoms with van der Waals surface area (Å²) < 4.78 is 24.3. The van der Waals surface area contributed by atoms with E-state index in [1.54, 1.807) is 18.2 Å². The molecule has 2 aromatic rings. The highest BCUT2D eigenvalue weighted by Crippen LogP contribution is 2.15. The number of aliphatic hydroxyl groups excluding tert-OH is 1. The van der Waals surface area contributed by atoms with Crippen LogP contribution in [-0.4, -0.2) is 49.5 Å². The second kappa shape index (κ2) is 9.12. The SMILES string of the molecule is CN(CCOc1ccccc1)CC(O)COc1ccccc1F. The summed E-state index contributed by atoms with van der Waals surface area (Å²) in [7, 11) is 1.89. The fourth-order valence-corrected chi connectivity index (χ4v) is 2.09. The minimum Gasteiger partial charge on any atom is -0.492 e. The molecule has 5 heteroatoms. The van der Waals surface area contributed by atoms with E-state index in [9.17, 15) is 9.50 Å². The second-order valence-corrected chi connectivity index (χ2v) is 5.32. The van der Waals surface area contributed by atoms with Crippen LogP contribution in [0.1, 0.15) is 0 Å². The molecule has 0 spiro atoms. The number of halogens is 1. The van der Waals surface area contributed by atoms with Gasteiger partial charge in [0, 0.05) is 13.1 Å². The van der Waals surface area contributed by atoms with Crippen LogP contribution in [0.5, 0.6) is 11.5 Å².